The van der Waals surface area contributed by atoms with Crippen molar-refractivity contribution in [2.75, 3.05) is 0 Å². The third-order valence-corrected chi connectivity index (χ3v) is 4.25. The van der Waals surface area contributed by atoms with Crippen LogP contribution in [0.2, 0.25) is 0 Å². The quantitative estimate of drug-likeness (QED) is 0.630. The van der Waals surface area contributed by atoms with E-state index in [0.717, 1.165) is 49.4 Å². The van der Waals surface area contributed by atoms with Crippen molar-refractivity contribution in [2.45, 2.75) is 38.3 Å². The van der Waals surface area contributed by atoms with Crippen molar-refractivity contribution < 1.29 is 18.8 Å². The molecule has 7 nitrogen and oxygen atoms in total. The lowest BCUT2D eigenvalue weighted by atomic mass is 10.1. The number of nitro benzene ring substituents is 1. The van der Waals surface area contributed by atoms with Crippen LogP contribution in [0.1, 0.15) is 41.6 Å². The fourth-order valence-electron chi connectivity index (χ4n) is 2.88. The Hall–Kier alpha value is -3.03. The van der Waals surface area contributed by atoms with E-state index in [9.17, 15) is 19.3 Å². The minimum atomic E-state index is -0.934. The molecule has 2 aromatic rings. The number of hydrogen-bond acceptors (Lipinski definition) is 5. The van der Waals surface area contributed by atoms with Crippen LogP contribution < -0.4 is 10.1 Å². The van der Waals surface area contributed by atoms with Gasteiger partial charge >= 0.3 is 0 Å². The Kier molecular flexibility index (Phi) is 5.40. The van der Waals surface area contributed by atoms with E-state index in [1.165, 1.54) is 0 Å². The number of carbonyl (C=O) groups excluding carboxylic acids is 1. The summed E-state index contributed by atoms with van der Waals surface area (Å²) in [5.41, 5.74) is 0.123. The second kappa shape index (κ2) is 7.90. The predicted molar refractivity (Wildman–Crippen MR) is 91.3 cm³/mol. The molecule has 3 rings (SSSR count). The number of carbonyl (C=O) groups is 1. The van der Waals surface area contributed by atoms with Crippen LogP contribution >= 0.6 is 0 Å². The van der Waals surface area contributed by atoms with Crippen LogP contribution in [0.5, 0.6) is 5.88 Å². The van der Waals surface area contributed by atoms with Gasteiger partial charge in [0.05, 0.1) is 16.6 Å². The van der Waals surface area contributed by atoms with Crippen molar-refractivity contribution in [1.29, 1.82) is 0 Å². The van der Waals surface area contributed by atoms with Gasteiger partial charge in [-0.15, -0.1) is 0 Å². The average molecular weight is 359 g/mol. The summed E-state index contributed by atoms with van der Waals surface area (Å²) in [6.45, 7) is 0.165. The molecule has 1 heterocycles. The first-order valence-electron chi connectivity index (χ1n) is 8.36. The average Bonchev–Trinajstić information content (AvgIpc) is 3.13. The number of pyridine rings is 1. The highest BCUT2D eigenvalue weighted by atomic mass is 19.1. The molecule has 1 N–H and O–H groups in total. The third-order valence-electron chi connectivity index (χ3n) is 4.25. The molecule has 8 heteroatoms. The van der Waals surface area contributed by atoms with E-state index in [4.69, 9.17) is 4.74 Å². The highest BCUT2D eigenvalue weighted by Crippen LogP contribution is 2.23. The summed E-state index contributed by atoms with van der Waals surface area (Å²) >= 11 is 0. The first-order valence-corrected chi connectivity index (χ1v) is 8.36. The van der Waals surface area contributed by atoms with Crippen molar-refractivity contribution in [2.24, 2.45) is 0 Å². The number of non-ortho nitro benzene ring substituents is 1. The van der Waals surface area contributed by atoms with E-state index in [-0.39, 0.29) is 18.2 Å². The molecule has 1 fully saturated rings. The van der Waals surface area contributed by atoms with Crippen molar-refractivity contribution in [1.82, 2.24) is 10.3 Å². The summed E-state index contributed by atoms with van der Waals surface area (Å²) in [7, 11) is 0. The number of nitro groups is 1. The molecule has 1 aliphatic carbocycles. The Morgan fingerprint density at radius 3 is 2.77 bits per heavy atom. The summed E-state index contributed by atoms with van der Waals surface area (Å²) in [4.78, 5) is 26.2. The molecular weight excluding hydrogens is 341 g/mol. The fourth-order valence-corrected chi connectivity index (χ4v) is 2.88. The lowest BCUT2D eigenvalue weighted by Gasteiger charge is -2.13. The molecule has 1 aliphatic rings. The van der Waals surface area contributed by atoms with Gasteiger partial charge in [0.25, 0.3) is 11.6 Å². The topological polar surface area (TPSA) is 94.4 Å². The van der Waals surface area contributed by atoms with Gasteiger partial charge in [-0.2, -0.15) is 0 Å². The van der Waals surface area contributed by atoms with E-state index in [1.807, 2.05) is 0 Å². The zero-order valence-corrected chi connectivity index (χ0v) is 14.0. The molecule has 0 atom stereocenters. The molecule has 0 unspecified atom stereocenters. The molecule has 26 heavy (non-hydrogen) atoms. The lowest BCUT2D eigenvalue weighted by molar-refractivity contribution is -0.385. The van der Waals surface area contributed by atoms with Gasteiger partial charge < -0.3 is 10.1 Å². The molecule has 1 aromatic heterocycles. The van der Waals surface area contributed by atoms with E-state index in [0.29, 0.717) is 5.88 Å². The lowest BCUT2D eigenvalue weighted by Crippen LogP contribution is -2.24. The Morgan fingerprint density at radius 1 is 1.31 bits per heavy atom. The SMILES string of the molecule is O=C(NCc1ccnc(OC2CCCC2)c1)c1ccc([N+](=O)[O-])cc1F. The molecule has 1 saturated carbocycles. The molecule has 136 valence electrons. The fraction of sp³-hybridized carbons (Fsp3) is 0.333. The van der Waals surface area contributed by atoms with Crippen molar-refractivity contribution in [3.63, 3.8) is 0 Å². The van der Waals surface area contributed by atoms with Crippen LogP contribution in [0.3, 0.4) is 0 Å². The molecule has 0 spiro atoms. The number of nitrogens with zero attached hydrogens (tertiary/aromatic N) is 2. The number of ether oxygens (including phenoxy) is 1. The number of hydrogen-bond donors (Lipinski definition) is 1. The highest BCUT2D eigenvalue weighted by molar-refractivity contribution is 5.94. The molecule has 0 radical (unpaired) electrons. The van der Waals surface area contributed by atoms with E-state index >= 15 is 0 Å². The number of rotatable bonds is 6. The van der Waals surface area contributed by atoms with Gasteiger partial charge in [-0.1, -0.05) is 0 Å². The van der Waals surface area contributed by atoms with Crippen LogP contribution in [0.25, 0.3) is 0 Å². The van der Waals surface area contributed by atoms with E-state index in [1.54, 1.807) is 18.3 Å². The van der Waals surface area contributed by atoms with Crippen LogP contribution in [-0.4, -0.2) is 21.9 Å². The Morgan fingerprint density at radius 2 is 2.08 bits per heavy atom. The standard InChI is InChI=1S/C18H18FN3O4/c19-16-10-13(22(24)25)5-6-15(16)18(23)21-11-12-7-8-20-17(9-12)26-14-3-1-2-4-14/h5-10,14H,1-4,11H2,(H,21,23). The molecule has 1 aromatic carbocycles. The van der Waals surface area contributed by atoms with E-state index in [2.05, 4.69) is 10.3 Å². The van der Waals surface area contributed by atoms with Crippen LogP contribution in [-0.2, 0) is 6.54 Å². The van der Waals surface area contributed by atoms with Gasteiger partial charge in [0.15, 0.2) is 0 Å². The summed E-state index contributed by atoms with van der Waals surface area (Å²) in [5.74, 6) is -1.07. The van der Waals surface area contributed by atoms with Crippen LogP contribution in [0.4, 0.5) is 10.1 Å². The van der Waals surface area contributed by atoms with Crippen molar-refractivity contribution >= 4 is 11.6 Å². The minimum Gasteiger partial charge on any atom is -0.474 e. The molecule has 1 amide bonds. The number of benzene rings is 1. The monoisotopic (exact) mass is 359 g/mol. The van der Waals surface area contributed by atoms with Crippen LogP contribution in [0, 0.1) is 15.9 Å². The largest absolute Gasteiger partial charge is 0.474 e. The normalized spacial score (nSPS) is 14.2. The summed E-state index contributed by atoms with van der Waals surface area (Å²) in [6.07, 6.45) is 6.12. The minimum absolute atomic E-state index is 0.165. The Labute approximate surface area is 149 Å². The zero-order chi connectivity index (χ0) is 18.5. The summed E-state index contributed by atoms with van der Waals surface area (Å²) in [6, 6.07) is 6.40. The number of aromatic nitrogens is 1. The first kappa shape index (κ1) is 17.8. The second-order valence-electron chi connectivity index (χ2n) is 6.13. The van der Waals surface area contributed by atoms with E-state index < -0.39 is 22.3 Å². The van der Waals surface area contributed by atoms with Gasteiger partial charge in [-0.3, -0.25) is 14.9 Å². The summed E-state index contributed by atoms with van der Waals surface area (Å²) in [5, 5.41) is 13.2. The van der Waals surface area contributed by atoms with Gasteiger partial charge in [-0.05, 0) is 43.4 Å². The maximum Gasteiger partial charge on any atom is 0.272 e. The zero-order valence-electron chi connectivity index (χ0n) is 14.0. The molecule has 0 bridgehead atoms. The number of amides is 1. The predicted octanol–water partition coefficient (Wildman–Crippen LogP) is 3.38. The van der Waals surface area contributed by atoms with Gasteiger partial charge in [0.1, 0.15) is 11.9 Å². The van der Waals surface area contributed by atoms with Gasteiger partial charge in [-0.25, -0.2) is 9.37 Å². The second-order valence-corrected chi connectivity index (χ2v) is 6.13. The Bertz CT molecular complexity index is 822. The van der Waals surface area contributed by atoms with Crippen LogP contribution in [0.15, 0.2) is 36.5 Å². The van der Waals surface area contributed by atoms with Crippen molar-refractivity contribution in [3.8, 4) is 5.88 Å². The number of halogens is 1. The molecule has 0 aliphatic heterocycles. The van der Waals surface area contributed by atoms with Crippen molar-refractivity contribution in [3.05, 3.63) is 63.6 Å². The molecular formula is C18H18FN3O4. The third kappa shape index (κ3) is 4.33. The Balaban J connectivity index is 1.61. The first-order chi connectivity index (χ1) is 12.5. The highest BCUT2D eigenvalue weighted by Gasteiger charge is 2.18. The summed E-state index contributed by atoms with van der Waals surface area (Å²) < 4.78 is 19.7. The maximum atomic E-state index is 13.9. The smallest absolute Gasteiger partial charge is 0.272 e. The number of nitrogens with one attached hydrogen (secondary N) is 1. The maximum absolute atomic E-state index is 13.9. The van der Waals surface area contributed by atoms with Gasteiger partial charge in [0.2, 0.25) is 5.88 Å². The molecule has 0 saturated heterocycles. The van der Waals surface area contributed by atoms with Gasteiger partial charge in [0, 0.05) is 24.9 Å².